The van der Waals surface area contributed by atoms with Crippen molar-refractivity contribution < 1.29 is 0 Å². The van der Waals surface area contributed by atoms with E-state index in [0.717, 1.165) is 6.42 Å². The number of nitrogens with zero attached hydrogens (tertiary/aromatic N) is 1. The highest BCUT2D eigenvalue weighted by Gasteiger charge is 2.12. The average Bonchev–Trinajstić information content (AvgIpc) is 2.64. The van der Waals surface area contributed by atoms with Gasteiger partial charge >= 0.3 is 0 Å². The van der Waals surface area contributed by atoms with Gasteiger partial charge in [-0.15, -0.1) is 6.58 Å². The van der Waals surface area contributed by atoms with Gasteiger partial charge in [-0.25, -0.2) is 0 Å². The van der Waals surface area contributed by atoms with E-state index in [1.165, 1.54) is 33.2 Å². The van der Waals surface area contributed by atoms with E-state index in [4.69, 9.17) is 0 Å². The van der Waals surface area contributed by atoms with E-state index in [-0.39, 0.29) is 0 Å². The summed E-state index contributed by atoms with van der Waals surface area (Å²) in [6.45, 7) is 10.5. The molecule has 1 nitrogen and oxygen atoms in total. The van der Waals surface area contributed by atoms with Crippen molar-refractivity contribution in [1.29, 1.82) is 0 Å². The normalized spacial score (nSPS) is 11.0. The minimum absolute atomic E-state index is 0.952. The second-order valence-corrected chi connectivity index (χ2v) is 4.54. The number of fused-ring (bicyclic) bond motifs is 1. The summed E-state index contributed by atoms with van der Waals surface area (Å²) in [7, 11) is 2.11. The molecule has 1 heteroatoms. The quantitative estimate of drug-likeness (QED) is 0.668. The van der Waals surface area contributed by atoms with Crippen LogP contribution in [-0.2, 0) is 13.5 Å². The molecule has 1 heterocycles. The summed E-state index contributed by atoms with van der Waals surface area (Å²) in [5.41, 5.74) is 7.00. The molecule has 0 aliphatic heterocycles. The predicted molar refractivity (Wildman–Crippen MR) is 71.0 cm³/mol. The monoisotopic (exact) mass is 213 g/mol. The molecule has 0 atom stereocenters. The first-order chi connectivity index (χ1) is 7.57. The smallest absolute Gasteiger partial charge is 0.0513 e. The van der Waals surface area contributed by atoms with Crippen molar-refractivity contribution in [3.63, 3.8) is 0 Å². The first-order valence-electron chi connectivity index (χ1n) is 5.72. The molecule has 0 bridgehead atoms. The van der Waals surface area contributed by atoms with E-state index in [1.807, 2.05) is 6.08 Å². The molecular formula is C15H19N. The molecule has 0 unspecified atom stereocenters. The van der Waals surface area contributed by atoms with Crippen LogP contribution in [0.5, 0.6) is 0 Å². The highest BCUT2D eigenvalue weighted by molar-refractivity contribution is 5.89. The van der Waals surface area contributed by atoms with E-state index in [0.29, 0.717) is 0 Å². The summed E-state index contributed by atoms with van der Waals surface area (Å²) in [5, 5.41) is 1.38. The highest BCUT2D eigenvalue weighted by Crippen LogP contribution is 2.30. The molecule has 84 valence electrons. The molecule has 0 N–H and O–H groups in total. The van der Waals surface area contributed by atoms with Crippen LogP contribution in [0, 0.1) is 20.8 Å². The Labute approximate surface area is 97.4 Å². The van der Waals surface area contributed by atoms with Gasteiger partial charge in [-0.3, -0.25) is 0 Å². The molecule has 0 saturated heterocycles. The Bertz CT molecular complexity index is 559. The fourth-order valence-corrected chi connectivity index (χ4v) is 2.53. The number of aromatic nitrogens is 1. The zero-order valence-electron chi connectivity index (χ0n) is 10.6. The van der Waals surface area contributed by atoms with Gasteiger partial charge in [0.1, 0.15) is 0 Å². The van der Waals surface area contributed by atoms with Gasteiger partial charge in [-0.1, -0.05) is 6.08 Å². The van der Waals surface area contributed by atoms with E-state index >= 15 is 0 Å². The minimum atomic E-state index is 0.952. The zero-order valence-corrected chi connectivity index (χ0v) is 10.6. The lowest BCUT2D eigenvalue weighted by atomic mass is 9.93. The molecule has 0 saturated carbocycles. The highest BCUT2D eigenvalue weighted by atomic mass is 14.9. The molecule has 2 rings (SSSR count). The summed E-state index contributed by atoms with van der Waals surface area (Å²) in [5.74, 6) is 0. The largest absolute Gasteiger partial charge is 0.350 e. The first kappa shape index (κ1) is 11.0. The molecule has 0 spiro atoms. The van der Waals surface area contributed by atoms with Crippen molar-refractivity contribution in [2.45, 2.75) is 27.2 Å². The molecule has 0 amide bonds. The topological polar surface area (TPSA) is 4.93 Å². The van der Waals surface area contributed by atoms with Crippen molar-refractivity contribution in [1.82, 2.24) is 4.57 Å². The van der Waals surface area contributed by atoms with E-state index in [9.17, 15) is 0 Å². The first-order valence-corrected chi connectivity index (χ1v) is 5.72. The maximum Gasteiger partial charge on any atom is 0.0513 e. The lowest BCUT2D eigenvalue weighted by Crippen LogP contribution is -1.98. The second kappa shape index (κ2) is 3.82. The fourth-order valence-electron chi connectivity index (χ4n) is 2.53. The van der Waals surface area contributed by atoms with E-state index in [1.54, 1.807) is 0 Å². The second-order valence-electron chi connectivity index (χ2n) is 4.54. The minimum Gasteiger partial charge on any atom is -0.350 e. The number of hydrogen-bond donors (Lipinski definition) is 0. The van der Waals surface area contributed by atoms with Gasteiger partial charge in [0.2, 0.25) is 0 Å². The standard InChI is InChI=1S/C15H19N/c1-6-7-13-11(3)10(2)12(4)15-14(13)8-9-16(15)5/h6,8-9H,1,7H2,2-5H3. The van der Waals surface area contributed by atoms with Crippen LogP contribution < -0.4 is 0 Å². The van der Waals surface area contributed by atoms with E-state index < -0.39 is 0 Å². The molecule has 0 aliphatic carbocycles. The fraction of sp³-hybridized carbons (Fsp3) is 0.333. The van der Waals surface area contributed by atoms with Crippen LogP contribution in [0.3, 0.4) is 0 Å². The molecule has 1 aromatic carbocycles. The van der Waals surface area contributed by atoms with Crippen molar-refractivity contribution in [2.75, 3.05) is 0 Å². The summed E-state index contributed by atoms with van der Waals surface area (Å²) in [6, 6.07) is 2.22. The van der Waals surface area contributed by atoms with Crippen molar-refractivity contribution in [2.24, 2.45) is 7.05 Å². The lowest BCUT2D eigenvalue weighted by molar-refractivity contribution is 0.961. The predicted octanol–water partition coefficient (Wildman–Crippen LogP) is 3.83. The van der Waals surface area contributed by atoms with Crippen LogP contribution in [0.25, 0.3) is 10.9 Å². The third kappa shape index (κ3) is 1.39. The average molecular weight is 213 g/mol. The number of benzene rings is 1. The summed E-state index contributed by atoms with van der Waals surface area (Å²) >= 11 is 0. The van der Waals surface area contributed by atoms with Gasteiger partial charge in [0.15, 0.2) is 0 Å². The zero-order chi connectivity index (χ0) is 11.9. The maximum atomic E-state index is 3.86. The molecule has 2 aromatic rings. The summed E-state index contributed by atoms with van der Waals surface area (Å²) in [6.07, 6.45) is 5.08. The number of hydrogen-bond acceptors (Lipinski definition) is 0. The summed E-state index contributed by atoms with van der Waals surface area (Å²) < 4.78 is 2.21. The van der Waals surface area contributed by atoms with Crippen LogP contribution in [-0.4, -0.2) is 4.57 Å². The number of allylic oxidation sites excluding steroid dienone is 1. The van der Waals surface area contributed by atoms with Gasteiger partial charge in [0, 0.05) is 18.6 Å². The van der Waals surface area contributed by atoms with E-state index in [2.05, 4.69) is 51.2 Å². The Morgan fingerprint density at radius 1 is 1.19 bits per heavy atom. The molecule has 16 heavy (non-hydrogen) atoms. The Morgan fingerprint density at radius 2 is 1.88 bits per heavy atom. The summed E-state index contributed by atoms with van der Waals surface area (Å²) in [4.78, 5) is 0. The number of aryl methyl sites for hydroxylation is 2. The van der Waals surface area contributed by atoms with Crippen molar-refractivity contribution in [3.05, 3.63) is 47.2 Å². The van der Waals surface area contributed by atoms with Crippen LogP contribution in [0.1, 0.15) is 22.3 Å². The van der Waals surface area contributed by atoms with Crippen LogP contribution in [0.4, 0.5) is 0 Å². The maximum absolute atomic E-state index is 3.86. The lowest BCUT2D eigenvalue weighted by Gasteiger charge is -2.14. The molecular weight excluding hydrogens is 194 g/mol. The third-order valence-corrected chi connectivity index (χ3v) is 3.68. The Balaban J connectivity index is 2.93. The van der Waals surface area contributed by atoms with Crippen LogP contribution >= 0.6 is 0 Å². The molecule has 0 aliphatic rings. The number of rotatable bonds is 2. The molecule has 0 fully saturated rings. The Hall–Kier alpha value is -1.50. The third-order valence-electron chi connectivity index (χ3n) is 3.68. The van der Waals surface area contributed by atoms with Gasteiger partial charge < -0.3 is 4.57 Å². The van der Waals surface area contributed by atoms with Crippen LogP contribution in [0.15, 0.2) is 24.9 Å². The Kier molecular flexibility index (Phi) is 2.63. The SMILES string of the molecule is C=CCc1c(C)c(C)c(C)c2c1ccn2C. The van der Waals surface area contributed by atoms with Gasteiger partial charge in [0.25, 0.3) is 0 Å². The van der Waals surface area contributed by atoms with Gasteiger partial charge in [-0.2, -0.15) is 0 Å². The molecule has 0 radical (unpaired) electrons. The van der Waals surface area contributed by atoms with Crippen molar-refractivity contribution >= 4 is 10.9 Å². The van der Waals surface area contributed by atoms with Gasteiger partial charge in [-0.05, 0) is 55.5 Å². The van der Waals surface area contributed by atoms with Crippen molar-refractivity contribution in [3.8, 4) is 0 Å². The molecule has 1 aromatic heterocycles. The Morgan fingerprint density at radius 3 is 2.50 bits per heavy atom. The van der Waals surface area contributed by atoms with Crippen LogP contribution in [0.2, 0.25) is 0 Å². The van der Waals surface area contributed by atoms with Gasteiger partial charge in [0.05, 0.1) is 5.52 Å².